The molecule has 94 valence electrons. The summed E-state index contributed by atoms with van der Waals surface area (Å²) in [5.41, 5.74) is 0.735. The van der Waals surface area contributed by atoms with Crippen molar-refractivity contribution in [1.29, 1.82) is 0 Å². The molecule has 0 aliphatic rings. The third-order valence-electron chi connectivity index (χ3n) is 2.31. The van der Waals surface area contributed by atoms with Crippen LogP contribution in [-0.4, -0.2) is 23.2 Å². The van der Waals surface area contributed by atoms with Crippen LogP contribution in [0, 0.1) is 6.92 Å². The first-order valence-corrected chi connectivity index (χ1v) is 5.93. The summed E-state index contributed by atoms with van der Waals surface area (Å²) in [6.45, 7) is 2.67. The van der Waals surface area contributed by atoms with Crippen LogP contribution < -0.4 is 9.47 Å². The van der Waals surface area contributed by atoms with Crippen LogP contribution in [0.5, 0.6) is 11.6 Å². The van der Waals surface area contributed by atoms with Crippen LogP contribution >= 0.6 is 11.6 Å². The fourth-order valence-corrected chi connectivity index (χ4v) is 1.50. The van der Waals surface area contributed by atoms with E-state index in [4.69, 9.17) is 21.1 Å². The molecule has 0 radical (unpaired) electrons. The SMILES string of the molecule is Cc1c(Cl)ncnc1OCCOc1ccccc1. The average molecular weight is 265 g/mol. The monoisotopic (exact) mass is 264 g/mol. The lowest BCUT2D eigenvalue weighted by Gasteiger charge is -2.09. The van der Waals surface area contributed by atoms with Crippen LogP contribution in [0.3, 0.4) is 0 Å². The Balaban J connectivity index is 1.81. The highest BCUT2D eigenvalue weighted by atomic mass is 35.5. The van der Waals surface area contributed by atoms with Crippen molar-refractivity contribution in [2.45, 2.75) is 6.92 Å². The molecule has 0 atom stereocenters. The maximum atomic E-state index is 5.86. The Morgan fingerprint density at radius 1 is 1.06 bits per heavy atom. The molecule has 5 heteroatoms. The van der Waals surface area contributed by atoms with Gasteiger partial charge in [-0.25, -0.2) is 9.97 Å². The van der Waals surface area contributed by atoms with E-state index in [-0.39, 0.29) is 0 Å². The summed E-state index contributed by atoms with van der Waals surface area (Å²) in [5, 5.41) is 0.406. The quantitative estimate of drug-likeness (QED) is 0.615. The number of para-hydroxylation sites is 1. The summed E-state index contributed by atoms with van der Waals surface area (Å²) in [4.78, 5) is 7.87. The molecular weight excluding hydrogens is 252 g/mol. The number of nitrogens with zero attached hydrogens (tertiary/aromatic N) is 2. The van der Waals surface area contributed by atoms with E-state index in [9.17, 15) is 0 Å². The Kier molecular flexibility index (Phi) is 4.36. The van der Waals surface area contributed by atoms with Crippen molar-refractivity contribution in [3.05, 3.63) is 47.4 Å². The van der Waals surface area contributed by atoms with Crippen LogP contribution in [0.15, 0.2) is 36.7 Å². The summed E-state index contributed by atoms with van der Waals surface area (Å²) in [5.74, 6) is 1.31. The lowest BCUT2D eigenvalue weighted by molar-refractivity contribution is 0.211. The zero-order valence-electron chi connectivity index (χ0n) is 9.97. The van der Waals surface area contributed by atoms with Gasteiger partial charge in [0, 0.05) is 5.56 Å². The summed E-state index contributed by atoms with van der Waals surface area (Å²) in [7, 11) is 0. The maximum Gasteiger partial charge on any atom is 0.220 e. The minimum absolute atomic E-state index is 0.406. The predicted octanol–water partition coefficient (Wildman–Crippen LogP) is 2.90. The van der Waals surface area contributed by atoms with Crippen LogP contribution in [0.2, 0.25) is 5.15 Å². The van der Waals surface area contributed by atoms with Crippen molar-refractivity contribution in [2.24, 2.45) is 0 Å². The first-order valence-electron chi connectivity index (χ1n) is 5.55. The number of halogens is 1. The number of aromatic nitrogens is 2. The topological polar surface area (TPSA) is 44.2 Å². The van der Waals surface area contributed by atoms with E-state index in [2.05, 4.69) is 9.97 Å². The smallest absolute Gasteiger partial charge is 0.220 e. The second kappa shape index (κ2) is 6.21. The molecule has 2 aromatic rings. The van der Waals surface area contributed by atoms with Gasteiger partial charge in [-0.3, -0.25) is 0 Å². The molecule has 2 rings (SSSR count). The van der Waals surface area contributed by atoms with Gasteiger partial charge in [0.15, 0.2) is 0 Å². The zero-order valence-corrected chi connectivity index (χ0v) is 10.7. The van der Waals surface area contributed by atoms with Crippen molar-refractivity contribution in [1.82, 2.24) is 9.97 Å². The number of rotatable bonds is 5. The van der Waals surface area contributed by atoms with Gasteiger partial charge in [0.25, 0.3) is 0 Å². The van der Waals surface area contributed by atoms with Crippen molar-refractivity contribution in [2.75, 3.05) is 13.2 Å². The molecule has 0 spiro atoms. The van der Waals surface area contributed by atoms with Crippen LogP contribution in [0.1, 0.15) is 5.56 Å². The van der Waals surface area contributed by atoms with Crippen molar-refractivity contribution in [3.8, 4) is 11.6 Å². The Bertz CT molecular complexity index is 506. The van der Waals surface area contributed by atoms with E-state index in [0.717, 1.165) is 11.3 Å². The van der Waals surface area contributed by atoms with E-state index in [1.807, 2.05) is 37.3 Å². The van der Waals surface area contributed by atoms with Gasteiger partial charge in [-0.1, -0.05) is 29.8 Å². The number of ether oxygens (including phenoxy) is 2. The summed E-state index contributed by atoms with van der Waals surface area (Å²) in [6, 6.07) is 9.57. The fraction of sp³-hybridized carbons (Fsp3) is 0.231. The highest BCUT2D eigenvalue weighted by Gasteiger charge is 2.05. The van der Waals surface area contributed by atoms with E-state index in [1.54, 1.807) is 0 Å². The zero-order chi connectivity index (χ0) is 12.8. The maximum absolute atomic E-state index is 5.86. The van der Waals surface area contributed by atoms with E-state index < -0.39 is 0 Å². The van der Waals surface area contributed by atoms with E-state index in [0.29, 0.717) is 24.2 Å². The molecule has 1 aromatic carbocycles. The van der Waals surface area contributed by atoms with Gasteiger partial charge in [0.2, 0.25) is 5.88 Å². The fourth-order valence-electron chi connectivity index (χ4n) is 1.37. The standard InChI is InChI=1S/C13H13ClN2O2/c1-10-12(14)15-9-16-13(10)18-8-7-17-11-5-3-2-4-6-11/h2-6,9H,7-8H2,1H3. The number of hydrogen-bond acceptors (Lipinski definition) is 4. The van der Waals surface area contributed by atoms with Crippen LogP contribution in [0.4, 0.5) is 0 Å². The van der Waals surface area contributed by atoms with Gasteiger partial charge in [-0.05, 0) is 19.1 Å². The van der Waals surface area contributed by atoms with Crippen molar-refractivity contribution in [3.63, 3.8) is 0 Å². The van der Waals surface area contributed by atoms with Crippen molar-refractivity contribution >= 4 is 11.6 Å². The minimum Gasteiger partial charge on any atom is -0.490 e. The van der Waals surface area contributed by atoms with Gasteiger partial charge in [-0.2, -0.15) is 0 Å². The first kappa shape index (κ1) is 12.6. The van der Waals surface area contributed by atoms with Gasteiger partial charge < -0.3 is 9.47 Å². The Morgan fingerprint density at radius 3 is 2.56 bits per heavy atom. The second-order valence-corrected chi connectivity index (χ2v) is 3.96. The normalized spacial score (nSPS) is 10.1. The molecule has 0 saturated heterocycles. The predicted molar refractivity (Wildman–Crippen MR) is 69.2 cm³/mol. The molecule has 18 heavy (non-hydrogen) atoms. The molecule has 1 aromatic heterocycles. The van der Waals surface area contributed by atoms with Crippen LogP contribution in [-0.2, 0) is 0 Å². The largest absolute Gasteiger partial charge is 0.490 e. The van der Waals surface area contributed by atoms with E-state index >= 15 is 0 Å². The third-order valence-corrected chi connectivity index (χ3v) is 2.69. The Labute approximate surface area is 111 Å². The summed E-state index contributed by atoms with van der Waals surface area (Å²) in [6.07, 6.45) is 1.38. The van der Waals surface area contributed by atoms with Gasteiger partial charge in [-0.15, -0.1) is 0 Å². The minimum atomic E-state index is 0.406. The molecule has 4 nitrogen and oxygen atoms in total. The lowest BCUT2D eigenvalue weighted by Crippen LogP contribution is -2.10. The highest BCUT2D eigenvalue weighted by molar-refractivity contribution is 6.30. The lowest BCUT2D eigenvalue weighted by atomic mass is 10.3. The van der Waals surface area contributed by atoms with E-state index in [1.165, 1.54) is 6.33 Å². The molecule has 0 bridgehead atoms. The molecule has 0 unspecified atom stereocenters. The van der Waals surface area contributed by atoms with Gasteiger partial charge in [0.1, 0.15) is 30.4 Å². The third kappa shape index (κ3) is 3.34. The molecule has 0 saturated carbocycles. The Morgan fingerprint density at radius 2 is 1.78 bits per heavy atom. The molecule has 0 aliphatic heterocycles. The molecule has 0 N–H and O–H groups in total. The second-order valence-electron chi connectivity index (χ2n) is 3.60. The number of benzene rings is 1. The molecule has 1 heterocycles. The molecule has 0 amide bonds. The first-order chi connectivity index (χ1) is 8.77. The Hall–Kier alpha value is -1.81. The summed E-state index contributed by atoms with van der Waals surface area (Å²) >= 11 is 5.86. The summed E-state index contributed by atoms with van der Waals surface area (Å²) < 4.78 is 11.0. The van der Waals surface area contributed by atoms with Gasteiger partial charge in [0.05, 0.1) is 0 Å². The average Bonchev–Trinajstić information content (AvgIpc) is 2.40. The van der Waals surface area contributed by atoms with Gasteiger partial charge >= 0.3 is 0 Å². The molecular formula is C13H13ClN2O2. The molecule has 0 aliphatic carbocycles. The van der Waals surface area contributed by atoms with Crippen LogP contribution in [0.25, 0.3) is 0 Å². The highest BCUT2D eigenvalue weighted by Crippen LogP contribution is 2.19. The van der Waals surface area contributed by atoms with Crippen molar-refractivity contribution < 1.29 is 9.47 Å². The number of hydrogen-bond donors (Lipinski definition) is 0. The molecule has 0 fully saturated rings.